The molecule has 0 saturated heterocycles. The fourth-order valence-electron chi connectivity index (χ4n) is 1.48. The molecule has 2 aromatic rings. The highest BCUT2D eigenvalue weighted by atomic mass is 32.2. The smallest absolute Gasteiger partial charge is 0.280 e. The van der Waals surface area contributed by atoms with Crippen LogP contribution in [-0.2, 0) is 23.6 Å². The average molecular weight is 270 g/mol. The summed E-state index contributed by atoms with van der Waals surface area (Å²) in [5.74, 6) is 0.879. The normalized spacial score (nSPS) is 11.7. The molecule has 0 amide bonds. The van der Waals surface area contributed by atoms with Gasteiger partial charge in [0, 0.05) is 19.2 Å². The van der Waals surface area contributed by atoms with Crippen LogP contribution in [0.2, 0.25) is 0 Å². The summed E-state index contributed by atoms with van der Waals surface area (Å²) in [6.07, 6.45) is 2.78. The van der Waals surface area contributed by atoms with Crippen LogP contribution in [0, 0.1) is 6.92 Å². The minimum Gasteiger partial charge on any atom is -0.332 e. The van der Waals surface area contributed by atoms with Crippen molar-refractivity contribution in [2.45, 2.75) is 18.5 Å². The van der Waals surface area contributed by atoms with Crippen LogP contribution in [0.5, 0.6) is 0 Å². The van der Waals surface area contributed by atoms with Crippen LogP contribution < -0.4 is 10.5 Å². The second kappa shape index (κ2) is 4.42. The highest BCUT2D eigenvalue weighted by Gasteiger charge is 2.20. The zero-order chi connectivity index (χ0) is 13.3. The van der Waals surface area contributed by atoms with Gasteiger partial charge in [-0.15, -0.1) is 0 Å². The molecule has 2 heterocycles. The molecule has 0 aliphatic heterocycles. The lowest BCUT2D eigenvalue weighted by molar-refractivity contribution is 0.597. The van der Waals surface area contributed by atoms with E-state index in [0.29, 0.717) is 17.2 Å². The van der Waals surface area contributed by atoms with Gasteiger partial charge in [-0.3, -0.25) is 9.40 Å². The number of aromatic nitrogens is 4. The van der Waals surface area contributed by atoms with E-state index in [-0.39, 0.29) is 11.6 Å². The SMILES string of the molecule is Cc1ncc(S(=O)(=O)Nc2c(CN)cnn2C)[nH]1. The topological polar surface area (TPSA) is 119 Å². The molecule has 18 heavy (non-hydrogen) atoms. The maximum atomic E-state index is 12.1. The Morgan fingerprint density at radius 3 is 2.78 bits per heavy atom. The van der Waals surface area contributed by atoms with E-state index < -0.39 is 10.0 Å². The molecule has 9 heteroatoms. The van der Waals surface area contributed by atoms with Gasteiger partial charge in [-0.2, -0.15) is 13.5 Å². The number of rotatable bonds is 4. The molecule has 98 valence electrons. The first-order chi connectivity index (χ1) is 8.44. The number of hydrogen-bond donors (Lipinski definition) is 3. The van der Waals surface area contributed by atoms with Gasteiger partial charge in [-0.25, -0.2) is 4.98 Å². The summed E-state index contributed by atoms with van der Waals surface area (Å²) in [7, 11) is -2.07. The second-order valence-corrected chi connectivity index (χ2v) is 5.44. The van der Waals surface area contributed by atoms with Crippen molar-refractivity contribution >= 4 is 15.8 Å². The standard InChI is InChI=1S/C9H14N6O2S/c1-6-11-5-8(13-6)18(16,17)14-9-7(3-10)4-12-15(9)2/h4-5,14H,3,10H2,1-2H3,(H,11,13). The molecule has 8 nitrogen and oxygen atoms in total. The number of aromatic amines is 1. The molecule has 4 N–H and O–H groups in total. The van der Waals surface area contributed by atoms with Gasteiger partial charge in [0.25, 0.3) is 10.0 Å². The zero-order valence-electron chi connectivity index (χ0n) is 10.0. The van der Waals surface area contributed by atoms with Crippen LogP contribution in [0.15, 0.2) is 17.4 Å². The van der Waals surface area contributed by atoms with E-state index in [1.165, 1.54) is 17.1 Å². The van der Waals surface area contributed by atoms with E-state index in [9.17, 15) is 8.42 Å². The number of nitrogens with zero attached hydrogens (tertiary/aromatic N) is 3. The van der Waals surface area contributed by atoms with Gasteiger partial charge in [-0.05, 0) is 6.92 Å². The van der Waals surface area contributed by atoms with Crippen molar-refractivity contribution in [1.29, 1.82) is 0 Å². The highest BCUT2D eigenvalue weighted by molar-refractivity contribution is 7.92. The Hall–Kier alpha value is -1.87. The predicted molar refractivity (Wildman–Crippen MR) is 65.2 cm³/mol. The molecule has 0 radical (unpaired) electrons. The molecule has 0 unspecified atom stereocenters. The minimum absolute atomic E-state index is 0.00386. The number of anilines is 1. The Bertz CT molecular complexity index is 656. The van der Waals surface area contributed by atoms with Crippen molar-refractivity contribution in [2.75, 3.05) is 4.72 Å². The fraction of sp³-hybridized carbons (Fsp3) is 0.333. The van der Waals surface area contributed by atoms with Crippen LogP contribution in [-0.4, -0.2) is 28.2 Å². The van der Waals surface area contributed by atoms with Crippen molar-refractivity contribution in [3.8, 4) is 0 Å². The number of hydrogen-bond acceptors (Lipinski definition) is 5. The van der Waals surface area contributed by atoms with Crippen LogP contribution in [0.4, 0.5) is 5.82 Å². The number of nitrogens with one attached hydrogen (secondary N) is 2. The van der Waals surface area contributed by atoms with E-state index >= 15 is 0 Å². The molecule has 0 aliphatic carbocycles. The zero-order valence-corrected chi connectivity index (χ0v) is 10.8. The Kier molecular flexibility index (Phi) is 3.09. The molecule has 2 rings (SSSR count). The van der Waals surface area contributed by atoms with Crippen LogP contribution >= 0.6 is 0 Å². The Labute approximate surface area is 104 Å². The number of aryl methyl sites for hydroxylation is 2. The van der Waals surface area contributed by atoms with Gasteiger partial charge in [0.15, 0.2) is 5.03 Å². The summed E-state index contributed by atoms with van der Waals surface area (Å²) >= 11 is 0. The maximum absolute atomic E-state index is 12.1. The second-order valence-electron chi connectivity index (χ2n) is 3.78. The van der Waals surface area contributed by atoms with Crippen LogP contribution in [0.3, 0.4) is 0 Å². The predicted octanol–water partition coefficient (Wildman–Crippen LogP) is -0.289. The lowest BCUT2D eigenvalue weighted by atomic mass is 10.3. The van der Waals surface area contributed by atoms with Gasteiger partial charge in [0.05, 0.1) is 12.4 Å². The monoisotopic (exact) mass is 270 g/mol. The fourth-order valence-corrected chi connectivity index (χ4v) is 2.58. The largest absolute Gasteiger partial charge is 0.332 e. The van der Waals surface area contributed by atoms with Crippen LogP contribution in [0.1, 0.15) is 11.4 Å². The third-order valence-electron chi connectivity index (χ3n) is 2.43. The summed E-state index contributed by atoms with van der Waals surface area (Å²) < 4.78 is 28.0. The number of H-pyrrole nitrogens is 1. The lowest BCUT2D eigenvalue weighted by Crippen LogP contribution is -2.17. The van der Waals surface area contributed by atoms with E-state index in [2.05, 4.69) is 19.8 Å². The summed E-state index contributed by atoms with van der Waals surface area (Å²) in [6.45, 7) is 1.88. The van der Waals surface area contributed by atoms with Gasteiger partial charge >= 0.3 is 0 Å². The van der Waals surface area contributed by atoms with Crippen LogP contribution in [0.25, 0.3) is 0 Å². The average Bonchev–Trinajstić information content (AvgIpc) is 2.87. The Morgan fingerprint density at radius 2 is 2.22 bits per heavy atom. The molecule has 0 bridgehead atoms. The van der Waals surface area contributed by atoms with Gasteiger partial charge in [-0.1, -0.05) is 0 Å². The highest BCUT2D eigenvalue weighted by Crippen LogP contribution is 2.17. The van der Waals surface area contributed by atoms with Gasteiger partial charge in [0.2, 0.25) is 0 Å². The van der Waals surface area contributed by atoms with E-state index in [4.69, 9.17) is 5.73 Å². The first-order valence-corrected chi connectivity index (χ1v) is 6.67. The first-order valence-electron chi connectivity index (χ1n) is 5.19. The van der Waals surface area contributed by atoms with E-state index in [1.54, 1.807) is 14.0 Å². The minimum atomic E-state index is -3.70. The molecule has 0 spiro atoms. The summed E-state index contributed by atoms with van der Waals surface area (Å²) in [5, 5.41) is 3.96. The molecule has 0 atom stereocenters. The molecular formula is C9H14N6O2S. The summed E-state index contributed by atoms with van der Waals surface area (Å²) in [5.41, 5.74) is 6.14. The quantitative estimate of drug-likeness (QED) is 0.705. The molecule has 0 saturated carbocycles. The van der Waals surface area contributed by atoms with Crippen molar-refractivity contribution in [3.63, 3.8) is 0 Å². The third-order valence-corrected chi connectivity index (χ3v) is 3.68. The molecule has 0 aromatic carbocycles. The maximum Gasteiger partial charge on any atom is 0.280 e. The Balaban J connectivity index is 2.36. The molecular weight excluding hydrogens is 256 g/mol. The van der Waals surface area contributed by atoms with Gasteiger partial charge in [0.1, 0.15) is 11.6 Å². The number of imidazole rings is 1. The lowest BCUT2D eigenvalue weighted by Gasteiger charge is -2.08. The van der Waals surface area contributed by atoms with Crippen molar-refractivity contribution in [1.82, 2.24) is 19.7 Å². The van der Waals surface area contributed by atoms with Crippen molar-refractivity contribution < 1.29 is 8.42 Å². The molecule has 0 fully saturated rings. The van der Waals surface area contributed by atoms with Gasteiger partial charge < -0.3 is 10.7 Å². The summed E-state index contributed by atoms with van der Waals surface area (Å²) in [4.78, 5) is 6.52. The van der Waals surface area contributed by atoms with Crippen molar-refractivity contribution in [3.05, 3.63) is 23.8 Å². The summed E-state index contributed by atoms with van der Waals surface area (Å²) in [6, 6.07) is 0. The van der Waals surface area contributed by atoms with E-state index in [1.807, 2.05) is 0 Å². The molecule has 2 aromatic heterocycles. The number of sulfonamides is 1. The van der Waals surface area contributed by atoms with Crippen molar-refractivity contribution in [2.24, 2.45) is 12.8 Å². The first kappa shape index (κ1) is 12.6. The number of nitrogens with two attached hydrogens (primary N) is 1. The Morgan fingerprint density at radius 1 is 1.50 bits per heavy atom. The third kappa shape index (κ3) is 2.22. The molecule has 0 aliphatic rings. The van der Waals surface area contributed by atoms with E-state index in [0.717, 1.165) is 0 Å².